The summed E-state index contributed by atoms with van der Waals surface area (Å²) in [5, 5.41) is 3.27. The van der Waals surface area contributed by atoms with Gasteiger partial charge in [0.2, 0.25) is 0 Å². The highest BCUT2D eigenvalue weighted by atomic mass is 32.2. The zero-order chi connectivity index (χ0) is 21.8. The fourth-order valence-electron chi connectivity index (χ4n) is 4.13. The van der Waals surface area contributed by atoms with Crippen molar-refractivity contribution in [1.82, 2.24) is 14.8 Å². The summed E-state index contributed by atoms with van der Waals surface area (Å²) < 4.78 is 0. The molecule has 1 aliphatic heterocycles. The van der Waals surface area contributed by atoms with Crippen molar-refractivity contribution in [2.75, 3.05) is 26.2 Å². The molecule has 0 aliphatic carbocycles. The molecule has 0 bridgehead atoms. The van der Waals surface area contributed by atoms with Crippen molar-refractivity contribution in [2.24, 2.45) is 0 Å². The van der Waals surface area contributed by atoms with Crippen LogP contribution < -0.4 is 0 Å². The first-order valence-electron chi connectivity index (χ1n) is 10.9. The molecule has 1 fully saturated rings. The van der Waals surface area contributed by atoms with Gasteiger partial charge in [0.05, 0.1) is 11.1 Å². The van der Waals surface area contributed by atoms with E-state index in [1.54, 1.807) is 23.1 Å². The van der Waals surface area contributed by atoms with Gasteiger partial charge in [0.1, 0.15) is 0 Å². The van der Waals surface area contributed by atoms with Crippen LogP contribution in [0.2, 0.25) is 0 Å². The van der Waals surface area contributed by atoms with Gasteiger partial charge >= 0.3 is 0 Å². The first kappa shape index (κ1) is 21.2. The third kappa shape index (κ3) is 4.72. The van der Waals surface area contributed by atoms with Crippen molar-refractivity contribution in [1.29, 1.82) is 0 Å². The van der Waals surface area contributed by atoms with Crippen molar-refractivity contribution in [3.8, 4) is 0 Å². The number of para-hydroxylation sites is 1. The van der Waals surface area contributed by atoms with Crippen LogP contribution in [-0.4, -0.2) is 46.9 Å². The van der Waals surface area contributed by atoms with Crippen LogP contribution in [0.1, 0.15) is 20.8 Å². The number of amides is 1. The molecule has 1 amide bonds. The molecule has 1 saturated heterocycles. The number of pyridine rings is 1. The van der Waals surface area contributed by atoms with Gasteiger partial charge in [-0.2, -0.15) is 0 Å². The van der Waals surface area contributed by atoms with Gasteiger partial charge < -0.3 is 4.90 Å². The summed E-state index contributed by atoms with van der Waals surface area (Å²) in [6, 6.07) is 22.7. The quantitative estimate of drug-likeness (QED) is 0.355. The summed E-state index contributed by atoms with van der Waals surface area (Å²) in [6.07, 6.45) is 1.86. The fraction of sp³-hybridized carbons (Fsp3) is 0.231. The van der Waals surface area contributed by atoms with Crippen molar-refractivity contribution in [2.45, 2.75) is 17.2 Å². The first-order chi connectivity index (χ1) is 15.8. The van der Waals surface area contributed by atoms with Crippen LogP contribution >= 0.6 is 23.1 Å². The summed E-state index contributed by atoms with van der Waals surface area (Å²) in [7, 11) is 0. The zero-order valence-corrected chi connectivity index (χ0v) is 19.4. The number of rotatable bonds is 6. The van der Waals surface area contributed by atoms with Gasteiger partial charge in [-0.1, -0.05) is 42.5 Å². The Morgan fingerprint density at radius 2 is 1.78 bits per heavy atom. The molecular formula is C26H25N3OS2. The highest BCUT2D eigenvalue weighted by Gasteiger charge is 2.24. The maximum Gasteiger partial charge on any atom is 0.255 e. The molecule has 4 aromatic rings. The number of aromatic nitrogens is 1. The average Bonchev–Trinajstić information content (AvgIpc) is 3.37. The number of carbonyl (C=O) groups is 1. The second-order valence-corrected chi connectivity index (χ2v) is 9.97. The molecule has 162 valence electrons. The molecule has 1 aliphatic rings. The van der Waals surface area contributed by atoms with Crippen LogP contribution in [-0.2, 0) is 12.3 Å². The Hall–Kier alpha value is -2.67. The Labute approximate surface area is 196 Å². The molecule has 0 unspecified atom stereocenters. The van der Waals surface area contributed by atoms with Crippen LogP contribution in [0.3, 0.4) is 0 Å². The van der Waals surface area contributed by atoms with Gasteiger partial charge in [-0.3, -0.25) is 14.7 Å². The molecule has 0 radical (unpaired) electrons. The number of hydrogen-bond donors (Lipinski definition) is 0. The Morgan fingerprint density at radius 1 is 0.938 bits per heavy atom. The minimum absolute atomic E-state index is 0.144. The molecule has 32 heavy (non-hydrogen) atoms. The minimum Gasteiger partial charge on any atom is -0.336 e. The molecule has 0 N–H and O–H groups in total. The van der Waals surface area contributed by atoms with Crippen LogP contribution in [0.15, 0.2) is 83.2 Å². The predicted octanol–water partition coefficient (Wildman–Crippen LogP) is 5.55. The van der Waals surface area contributed by atoms with Gasteiger partial charge in [0.25, 0.3) is 5.91 Å². The van der Waals surface area contributed by atoms with Crippen LogP contribution in [0.25, 0.3) is 10.9 Å². The van der Waals surface area contributed by atoms with Crippen LogP contribution in [0.4, 0.5) is 0 Å². The van der Waals surface area contributed by atoms with E-state index in [0.717, 1.165) is 54.5 Å². The summed E-state index contributed by atoms with van der Waals surface area (Å²) in [5.74, 6) is 1.04. The number of carbonyl (C=O) groups excluding carboxylic acids is 1. The third-order valence-electron chi connectivity index (χ3n) is 5.84. The largest absolute Gasteiger partial charge is 0.336 e. The number of thioether (sulfide) groups is 1. The number of piperazine rings is 1. The van der Waals surface area contributed by atoms with E-state index in [9.17, 15) is 4.79 Å². The van der Waals surface area contributed by atoms with Gasteiger partial charge in [-0.15, -0.1) is 23.1 Å². The van der Waals surface area contributed by atoms with E-state index in [0.29, 0.717) is 0 Å². The van der Waals surface area contributed by atoms with E-state index in [2.05, 4.69) is 57.7 Å². The van der Waals surface area contributed by atoms with Gasteiger partial charge in [-0.05, 0) is 35.2 Å². The standard InChI is InChI=1S/C26H25N3OS2/c30-26(23-10-1-2-11-24(23)32-19-22-9-5-17-31-22)29-15-13-28(14-16-29)18-21-7-3-6-20-8-4-12-27-25(20)21/h1-12,17H,13-16,18-19H2. The van der Waals surface area contributed by atoms with Crippen LogP contribution in [0.5, 0.6) is 0 Å². The maximum absolute atomic E-state index is 13.3. The average molecular weight is 460 g/mol. The van der Waals surface area contributed by atoms with E-state index in [4.69, 9.17) is 0 Å². The van der Waals surface area contributed by atoms with Crippen LogP contribution in [0, 0.1) is 0 Å². The summed E-state index contributed by atoms with van der Waals surface area (Å²) in [6.45, 7) is 4.12. The molecule has 0 saturated carbocycles. The first-order valence-corrected chi connectivity index (χ1v) is 12.7. The topological polar surface area (TPSA) is 36.4 Å². The number of fused-ring (bicyclic) bond motifs is 1. The van der Waals surface area contributed by atoms with Crippen molar-refractivity contribution in [3.05, 3.63) is 94.3 Å². The second-order valence-electron chi connectivity index (χ2n) is 7.92. The minimum atomic E-state index is 0.144. The number of benzene rings is 2. The third-order valence-corrected chi connectivity index (χ3v) is 8.02. The second kappa shape index (κ2) is 9.86. The van der Waals surface area contributed by atoms with Gasteiger partial charge in [0.15, 0.2) is 0 Å². The van der Waals surface area contributed by atoms with E-state index in [1.807, 2.05) is 35.4 Å². The molecule has 3 heterocycles. The molecular weight excluding hydrogens is 434 g/mol. The van der Waals surface area contributed by atoms with E-state index < -0.39 is 0 Å². The lowest BCUT2D eigenvalue weighted by Gasteiger charge is -2.35. The molecule has 5 rings (SSSR count). The van der Waals surface area contributed by atoms with E-state index in [-0.39, 0.29) is 5.91 Å². The molecule has 4 nitrogen and oxygen atoms in total. The summed E-state index contributed by atoms with van der Waals surface area (Å²) in [5.41, 5.74) is 3.14. The van der Waals surface area contributed by atoms with Crippen molar-refractivity contribution >= 4 is 39.9 Å². The smallest absolute Gasteiger partial charge is 0.255 e. The molecule has 0 atom stereocenters. The number of thiophene rings is 1. The zero-order valence-electron chi connectivity index (χ0n) is 17.8. The normalized spacial score (nSPS) is 14.7. The van der Waals surface area contributed by atoms with E-state index in [1.165, 1.54) is 15.8 Å². The predicted molar refractivity (Wildman–Crippen MR) is 133 cm³/mol. The fourth-order valence-corrected chi connectivity index (χ4v) is 5.95. The van der Waals surface area contributed by atoms with Gasteiger partial charge in [-0.25, -0.2) is 0 Å². The number of nitrogens with zero attached hydrogens (tertiary/aromatic N) is 3. The summed E-state index contributed by atoms with van der Waals surface area (Å²) >= 11 is 3.51. The maximum atomic E-state index is 13.3. The Balaban J connectivity index is 1.22. The molecule has 2 aromatic carbocycles. The lowest BCUT2D eigenvalue weighted by Crippen LogP contribution is -2.48. The SMILES string of the molecule is O=C(c1ccccc1SCc1cccs1)N1CCN(Cc2cccc3cccnc23)CC1. The lowest BCUT2D eigenvalue weighted by atomic mass is 10.1. The van der Waals surface area contributed by atoms with Crippen molar-refractivity contribution in [3.63, 3.8) is 0 Å². The highest BCUT2D eigenvalue weighted by molar-refractivity contribution is 7.98. The Kier molecular flexibility index (Phi) is 6.53. The summed E-state index contributed by atoms with van der Waals surface area (Å²) in [4.78, 5) is 24.7. The highest BCUT2D eigenvalue weighted by Crippen LogP contribution is 2.29. The lowest BCUT2D eigenvalue weighted by molar-refractivity contribution is 0.0625. The Bertz CT molecular complexity index is 1200. The Morgan fingerprint density at radius 3 is 2.62 bits per heavy atom. The molecule has 6 heteroatoms. The number of hydrogen-bond acceptors (Lipinski definition) is 5. The van der Waals surface area contributed by atoms with Crippen molar-refractivity contribution < 1.29 is 4.79 Å². The van der Waals surface area contributed by atoms with Gasteiger partial charge in [0, 0.05) is 59.8 Å². The monoisotopic (exact) mass is 459 g/mol. The molecule has 2 aromatic heterocycles. The van der Waals surface area contributed by atoms with E-state index >= 15 is 0 Å². The molecule has 0 spiro atoms.